The Labute approximate surface area is 180 Å². The molecule has 1 saturated heterocycles. The Morgan fingerprint density at radius 3 is 2.39 bits per heavy atom. The number of carbonyl (C=O) groups excluding carboxylic acids is 1. The highest BCUT2D eigenvalue weighted by molar-refractivity contribution is 6.06. The fourth-order valence-corrected chi connectivity index (χ4v) is 4.10. The molecule has 158 valence electrons. The van der Waals surface area contributed by atoms with E-state index in [1.165, 1.54) is 0 Å². The van der Waals surface area contributed by atoms with Crippen molar-refractivity contribution in [3.63, 3.8) is 0 Å². The molecule has 7 nitrogen and oxygen atoms in total. The van der Waals surface area contributed by atoms with E-state index < -0.39 is 0 Å². The maximum atomic E-state index is 13.6. The molecule has 7 heteroatoms. The minimum absolute atomic E-state index is 0.0142. The smallest absolute Gasteiger partial charge is 0.260 e. The van der Waals surface area contributed by atoms with Gasteiger partial charge in [-0.25, -0.2) is 4.52 Å². The lowest BCUT2D eigenvalue weighted by Gasteiger charge is -2.27. The van der Waals surface area contributed by atoms with Crippen LogP contribution in [0.5, 0.6) is 5.75 Å². The van der Waals surface area contributed by atoms with Crippen LogP contribution in [-0.4, -0.2) is 58.4 Å². The molecular weight excluding hydrogens is 392 g/mol. The predicted octanol–water partition coefficient (Wildman–Crippen LogP) is 3.49. The first-order valence-electron chi connectivity index (χ1n) is 10.3. The number of aryl methyl sites for hydroxylation is 1. The van der Waals surface area contributed by atoms with E-state index in [9.17, 15) is 4.79 Å². The van der Waals surface area contributed by atoms with E-state index in [0.29, 0.717) is 37.6 Å². The molecule has 0 atom stereocenters. The van der Waals surface area contributed by atoms with Crippen molar-refractivity contribution in [3.8, 4) is 28.3 Å². The van der Waals surface area contributed by atoms with Crippen molar-refractivity contribution in [2.24, 2.45) is 7.05 Å². The Kier molecular flexibility index (Phi) is 4.95. The monoisotopic (exact) mass is 416 g/mol. The minimum atomic E-state index is -0.0142. The third-order valence-corrected chi connectivity index (χ3v) is 5.75. The molecule has 2 aromatic heterocycles. The molecule has 4 aromatic rings. The fourth-order valence-electron chi connectivity index (χ4n) is 4.10. The summed E-state index contributed by atoms with van der Waals surface area (Å²) in [6, 6.07) is 17.7. The van der Waals surface area contributed by atoms with Crippen LogP contribution in [0, 0.1) is 0 Å². The number of amides is 1. The van der Waals surface area contributed by atoms with E-state index in [1.807, 2.05) is 81.8 Å². The minimum Gasteiger partial charge on any atom is -0.497 e. The van der Waals surface area contributed by atoms with Crippen LogP contribution in [0.3, 0.4) is 0 Å². The van der Waals surface area contributed by atoms with Gasteiger partial charge < -0.3 is 18.9 Å². The number of aromatic nitrogens is 3. The Morgan fingerprint density at radius 1 is 1.00 bits per heavy atom. The highest BCUT2D eigenvalue weighted by atomic mass is 16.5. The summed E-state index contributed by atoms with van der Waals surface area (Å²) in [4.78, 5) is 15.5. The molecule has 1 aliphatic heterocycles. The average molecular weight is 416 g/mol. The van der Waals surface area contributed by atoms with Gasteiger partial charge in [0.15, 0.2) is 0 Å². The van der Waals surface area contributed by atoms with Crippen molar-refractivity contribution in [1.29, 1.82) is 0 Å². The first-order valence-corrected chi connectivity index (χ1v) is 10.3. The van der Waals surface area contributed by atoms with Crippen LogP contribution in [0.25, 0.3) is 28.2 Å². The van der Waals surface area contributed by atoms with Crippen LogP contribution >= 0.6 is 0 Å². The molecule has 1 aliphatic rings. The van der Waals surface area contributed by atoms with Crippen molar-refractivity contribution in [3.05, 3.63) is 66.4 Å². The number of hydrogen-bond acceptors (Lipinski definition) is 4. The van der Waals surface area contributed by atoms with E-state index in [-0.39, 0.29) is 5.91 Å². The number of benzene rings is 2. The number of rotatable bonds is 4. The number of morpholine rings is 1. The van der Waals surface area contributed by atoms with Crippen molar-refractivity contribution in [2.45, 2.75) is 0 Å². The van der Waals surface area contributed by atoms with E-state index in [0.717, 1.165) is 28.2 Å². The van der Waals surface area contributed by atoms with Gasteiger partial charge in [0.1, 0.15) is 22.7 Å². The van der Waals surface area contributed by atoms with Crippen LogP contribution < -0.4 is 4.74 Å². The number of imidazole rings is 1. The zero-order valence-electron chi connectivity index (χ0n) is 17.6. The first-order chi connectivity index (χ1) is 15.2. The van der Waals surface area contributed by atoms with E-state index in [1.54, 1.807) is 7.11 Å². The van der Waals surface area contributed by atoms with Crippen molar-refractivity contribution in [2.75, 3.05) is 33.4 Å². The van der Waals surface area contributed by atoms with Crippen molar-refractivity contribution < 1.29 is 14.3 Å². The molecule has 0 bridgehead atoms. The molecule has 0 radical (unpaired) electrons. The normalized spacial score (nSPS) is 14.2. The van der Waals surface area contributed by atoms with Gasteiger partial charge in [-0.15, -0.1) is 0 Å². The number of ether oxygens (including phenoxy) is 2. The number of fused-ring (bicyclic) bond motifs is 1. The Balaban J connectivity index is 1.68. The van der Waals surface area contributed by atoms with Gasteiger partial charge in [0.2, 0.25) is 0 Å². The predicted molar refractivity (Wildman–Crippen MR) is 118 cm³/mol. The average Bonchev–Trinajstić information content (AvgIpc) is 3.36. The summed E-state index contributed by atoms with van der Waals surface area (Å²) in [5.74, 6) is 0.789. The second kappa shape index (κ2) is 7.92. The second-order valence-electron chi connectivity index (χ2n) is 7.56. The molecule has 5 rings (SSSR count). The molecule has 0 N–H and O–H groups in total. The zero-order valence-corrected chi connectivity index (χ0v) is 17.6. The van der Waals surface area contributed by atoms with Gasteiger partial charge in [-0.05, 0) is 24.3 Å². The highest BCUT2D eigenvalue weighted by Crippen LogP contribution is 2.32. The summed E-state index contributed by atoms with van der Waals surface area (Å²) in [5.41, 5.74) is 5.02. The third-order valence-electron chi connectivity index (χ3n) is 5.75. The summed E-state index contributed by atoms with van der Waals surface area (Å²) >= 11 is 0. The summed E-state index contributed by atoms with van der Waals surface area (Å²) in [5, 5.41) is 4.83. The van der Waals surface area contributed by atoms with Crippen LogP contribution in [0.15, 0.2) is 60.8 Å². The lowest BCUT2D eigenvalue weighted by atomic mass is 10.1. The molecule has 1 fully saturated rings. The molecule has 3 heterocycles. The lowest BCUT2D eigenvalue weighted by Crippen LogP contribution is -2.40. The molecular formula is C24H24N4O3. The van der Waals surface area contributed by atoms with Crippen LogP contribution in [0.1, 0.15) is 10.4 Å². The molecule has 0 spiro atoms. The topological polar surface area (TPSA) is 61.0 Å². The third kappa shape index (κ3) is 3.37. The SMILES string of the molecule is COc1ccc(-c2cn3nc(-c4ccccc4)c(C(=O)N4CCOCC4)c3n2C)cc1. The fraction of sp³-hybridized carbons (Fsp3) is 0.250. The molecule has 0 aliphatic carbocycles. The van der Waals surface area contributed by atoms with Gasteiger partial charge in [0.05, 0.1) is 32.2 Å². The van der Waals surface area contributed by atoms with Crippen molar-refractivity contribution >= 4 is 11.6 Å². The summed E-state index contributed by atoms with van der Waals surface area (Å²) in [7, 11) is 3.63. The standard InChI is InChI=1S/C24H24N4O3/c1-26-20(17-8-10-19(30-2)11-9-17)16-28-23(26)21(24(29)27-12-14-31-15-13-27)22(25-28)18-6-4-3-5-7-18/h3-11,16H,12-15H2,1-2H3. The van der Waals surface area contributed by atoms with Crippen LogP contribution in [-0.2, 0) is 11.8 Å². The first kappa shape index (κ1) is 19.4. The number of methoxy groups -OCH3 is 1. The Bertz CT molecular complexity index is 1220. The van der Waals surface area contributed by atoms with Crippen LogP contribution in [0.4, 0.5) is 0 Å². The van der Waals surface area contributed by atoms with Gasteiger partial charge >= 0.3 is 0 Å². The molecule has 1 amide bonds. The summed E-state index contributed by atoms with van der Waals surface area (Å²) in [6.45, 7) is 2.28. The zero-order chi connectivity index (χ0) is 21.4. The molecule has 2 aromatic carbocycles. The van der Waals surface area contributed by atoms with Gasteiger partial charge in [-0.2, -0.15) is 5.10 Å². The Morgan fingerprint density at radius 2 is 1.71 bits per heavy atom. The van der Waals surface area contributed by atoms with E-state index in [4.69, 9.17) is 14.6 Å². The Hall–Kier alpha value is -3.58. The maximum Gasteiger partial charge on any atom is 0.260 e. The number of nitrogens with zero attached hydrogens (tertiary/aromatic N) is 4. The molecule has 31 heavy (non-hydrogen) atoms. The quantitative estimate of drug-likeness (QED) is 0.511. The molecule has 0 unspecified atom stereocenters. The highest BCUT2D eigenvalue weighted by Gasteiger charge is 2.29. The largest absolute Gasteiger partial charge is 0.497 e. The van der Waals surface area contributed by atoms with Gasteiger partial charge in [-0.3, -0.25) is 4.79 Å². The maximum absolute atomic E-state index is 13.6. The van der Waals surface area contributed by atoms with E-state index in [2.05, 4.69) is 0 Å². The second-order valence-corrected chi connectivity index (χ2v) is 7.56. The van der Waals surface area contributed by atoms with E-state index >= 15 is 0 Å². The van der Waals surface area contributed by atoms with Crippen LogP contribution in [0.2, 0.25) is 0 Å². The number of carbonyl (C=O) groups is 1. The van der Waals surface area contributed by atoms with Gasteiger partial charge in [0.25, 0.3) is 5.91 Å². The van der Waals surface area contributed by atoms with Gasteiger partial charge in [0, 0.05) is 31.3 Å². The van der Waals surface area contributed by atoms with Gasteiger partial charge in [-0.1, -0.05) is 30.3 Å². The van der Waals surface area contributed by atoms with Crippen molar-refractivity contribution in [1.82, 2.24) is 19.1 Å². The number of hydrogen-bond donors (Lipinski definition) is 0. The molecule has 0 saturated carbocycles. The summed E-state index contributed by atoms with van der Waals surface area (Å²) < 4.78 is 14.6. The lowest BCUT2D eigenvalue weighted by molar-refractivity contribution is 0.0304. The summed E-state index contributed by atoms with van der Waals surface area (Å²) in [6.07, 6.45) is 1.97.